The predicted octanol–water partition coefficient (Wildman–Crippen LogP) is 5.55. The Kier molecular flexibility index (Phi) is 5.66. The lowest BCUT2D eigenvalue weighted by Gasteiger charge is -2.37. The van der Waals surface area contributed by atoms with E-state index in [0.717, 1.165) is 0 Å². The van der Waals surface area contributed by atoms with Crippen molar-refractivity contribution in [1.29, 1.82) is 0 Å². The molecule has 0 aliphatic carbocycles. The second-order valence-electron chi connectivity index (χ2n) is 4.40. The molecule has 0 saturated carbocycles. The van der Waals surface area contributed by atoms with Crippen molar-refractivity contribution in [2.75, 3.05) is 0 Å². The fourth-order valence-corrected chi connectivity index (χ4v) is 1.16. The summed E-state index contributed by atoms with van der Waals surface area (Å²) in [5, 5.41) is 0. The summed E-state index contributed by atoms with van der Waals surface area (Å²) >= 11 is 0. The minimum Gasteiger partial charge on any atom is -0.245 e. The average Bonchev–Trinajstić information content (AvgIpc) is 2.36. The van der Waals surface area contributed by atoms with Crippen LogP contribution in [0.1, 0.15) is 26.7 Å². The molecule has 0 atom stereocenters. The van der Waals surface area contributed by atoms with Crippen LogP contribution in [-0.2, 0) is 4.74 Å². The number of alkyl halides is 12. The highest BCUT2D eigenvalue weighted by atomic mass is 19.4. The highest BCUT2D eigenvalue weighted by Gasteiger charge is 2.80. The topological polar surface area (TPSA) is 9.23 Å². The Bertz CT molecular complexity index is 378. The lowest BCUT2D eigenvalue weighted by Crippen LogP contribution is -2.62. The van der Waals surface area contributed by atoms with Crippen molar-refractivity contribution in [2.24, 2.45) is 0 Å². The lowest BCUT2D eigenvalue weighted by atomic mass is 10.1. The lowest BCUT2D eigenvalue weighted by molar-refractivity contribution is -0.500. The molecule has 13 heteroatoms. The van der Waals surface area contributed by atoms with Crippen molar-refractivity contribution in [3.8, 4) is 0 Å². The molecule has 0 rings (SSSR count). The monoisotopic (exact) mass is 374 g/mol. The van der Waals surface area contributed by atoms with Crippen LogP contribution < -0.4 is 0 Å². The quantitative estimate of drug-likeness (QED) is 0.506. The molecule has 1 nitrogen and oxygen atoms in total. The Morgan fingerprint density at radius 2 is 0.739 bits per heavy atom. The maximum Gasteiger partial charge on any atom is 0.430 e. The van der Waals surface area contributed by atoms with Gasteiger partial charge in [0.15, 0.2) is 0 Å². The summed E-state index contributed by atoms with van der Waals surface area (Å²) in [6.45, 7) is 0.532. The van der Waals surface area contributed by atoms with E-state index in [4.69, 9.17) is 0 Å². The van der Waals surface area contributed by atoms with E-state index < -0.39 is 48.7 Å². The van der Waals surface area contributed by atoms with Crippen LogP contribution in [0, 0.1) is 0 Å². The molecule has 0 bridgehead atoms. The molecule has 0 aromatic rings. The van der Waals surface area contributed by atoms with Gasteiger partial charge in [0, 0.05) is 12.8 Å². The van der Waals surface area contributed by atoms with Crippen LogP contribution in [0.3, 0.4) is 0 Å². The first-order valence-electron chi connectivity index (χ1n) is 5.80. The summed E-state index contributed by atoms with van der Waals surface area (Å²) in [5.41, 5.74) is 0. The second kappa shape index (κ2) is 5.88. The summed E-state index contributed by atoms with van der Waals surface area (Å²) < 4.78 is 156. The molecule has 0 aromatic carbocycles. The van der Waals surface area contributed by atoms with Gasteiger partial charge >= 0.3 is 35.9 Å². The predicted molar refractivity (Wildman–Crippen MR) is 51.3 cm³/mol. The van der Waals surface area contributed by atoms with Gasteiger partial charge < -0.3 is 0 Å². The zero-order valence-corrected chi connectivity index (χ0v) is 11.4. The zero-order chi connectivity index (χ0) is 19.1. The van der Waals surface area contributed by atoms with E-state index in [1.807, 2.05) is 0 Å². The first-order valence-corrected chi connectivity index (χ1v) is 5.80. The smallest absolute Gasteiger partial charge is 0.245 e. The molecule has 0 aromatic heterocycles. The van der Waals surface area contributed by atoms with Crippen LogP contribution >= 0.6 is 0 Å². The van der Waals surface area contributed by atoms with Gasteiger partial charge in [-0.15, -0.1) is 0 Å². The summed E-state index contributed by atoms with van der Waals surface area (Å²) in [7, 11) is 0. The summed E-state index contributed by atoms with van der Waals surface area (Å²) in [5.74, 6) is -24.6. The molecule has 0 aliphatic heterocycles. The SMILES string of the molecule is CCC(F)(F)C(F)(F)C(F)(F)OC(F)(F)C(F)(F)C(F)(F)CC. The number of rotatable bonds is 8. The van der Waals surface area contributed by atoms with E-state index in [1.54, 1.807) is 4.74 Å². The Morgan fingerprint density at radius 1 is 0.522 bits per heavy atom. The molecule has 0 N–H and O–H groups in total. The summed E-state index contributed by atoms with van der Waals surface area (Å²) in [6, 6.07) is 0. The van der Waals surface area contributed by atoms with Crippen LogP contribution in [0.2, 0.25) is 0 Å². The van der Waals surface area contributed by atoms with Crippen molar-refractivity contribution in [3.05, 3.63) is 0 Å². The average molecular weight is 374 g/mol. The molecule has 0 saturated heterocycles. The summed E-state index contributed by atoms with van der Waals surface area (Å²) in [4.78, 5) is 0. The van der Waals surface area contributed by atoms with E-state index >= 15 is 0 Å². The molecule has 0 heterocycles. The normalized spacial score (nSPS) is 15.9. The number of halogens is 12. The Hall–Kier alpha value is -0.880. The van der Waals surface area contributed by atoms with Gasteiger partial charge in [-0.2, -0.15) is 52.7 Å². The Balaban J connectivity index is 5.78. The van der Waals surface area contributed by atoms with Crippen molar-refractivity contribution < 1.29 is 57.4 Å². The number of hydrogen-bond donors (Lipinski definition) is 0. The fraction of sp³-hybridized carbons (Fsp3) is 1.00. The third-order valence-corrected chi connectivity index (χ3v) is 2.79. The number of ether oxygens (including phenoxy) is 1. The molecule has 0 spiro atoms. The minimum atomic E-state index is -6.86. The van der Waals surface area contributed by atoms with Gasteiger partial charge in [-0.1, -0.05) is 13.8 Å². The zero-order valence-electron chi connectivity index (χ0n) is 11.4. The third kappa shape index (κ3) is 3.48. The standard InChI is InChI=1S/C10H10F12O/c1-3-5(11,12)7(15,16)9(19,20)23-10(21,22)8(17,18)6(13,14)4-2/h3-4H2,1-2H3. The maximum atomic E-state index is 12.9. The molecule has 0 radical (unpaired) electrons. The van der Waals surface area contributed by atoms with Crippen LogP contribution in [0.4, 0.5) is 52.7 Å². The van der Waals surface area contributed by atoms with Crippen LogP contribution in [0.15, 0.2) is 0 Å². The first-order chi connectivity index (χ1) is 9.83. The maximum absolute atomic E-state index is 12.9. The van der Waals surface area contributed by atoms with E-state index in [0.29, 0.717) is 0 Å². The second-order valence-corrected chi connectivity index (χ2v) is 4.40. The van der Waals surface area contributed by atoms with Gasteiger partial charge in [0.2, 0.25) is 0 Å². The highest BCUT2D eigenvalue weighted by Crippen LogP contribution is 2.54. The van der Waals surface area contributed by atoms with Gasteiger partial charge in [0.05, 0.1) is 0 Å². The van der Waals surface area contributed by atoms with Gasteiger partial charge in [0.1, 0.15) is 0 Å². The van der Waals surface area contributed by atoms with E-state index in [2.05, 4.69) is 0 Å². The van der Waals surface area contributed by atoms with Gasteiger partial charge in [-0.3, -0.25) is 0 Å². The minimum absolute atomic E-state index is 0.266. The molecule has 0 aliphatic rings. The highest BCUT2D eigenvalue weighted by molar-refractivity contribution is 4.95. The van der Waals surface area contributed by atoms with Crippen molar-refractivity contribution >= 4 is 0 Å². The largest absolute Gasteiger partial charge is 0.430 e. The van der Waals surface area contributed by atoms with E-state index in [9.17, 15) is 52.7 Å². The molecule has 0 unspecified atom stereocenters. The van der Waals surface area contributed by atoms with Crippen molar-refractivity contribution in [3.63, 3.8) is 0 Å². The van der Waals surface area contributed by atoms with Crippen LogP contribution in [0.25, 0.3) is 0 Å². The molecule has 23 heavy (non-hydrogen) atoms. The fourth-order valence-electron chi connectivity index (χ4n) is 1.16. The van der Waals surface area contributed by atoms with Crippen molar-refractivity contribution in [2.45, 2.75) is 62.6 Å². The summed E-state index contributed by atoms with van der Waals surface area (Å²) in [6.07, 6.45) is -17.7. The molecular weight excluding hydrogens is 364 g/mol. The first kappa shape index (κ1) is 22.1. The van der Waals surface area contributed by atoms with Gasteiger partial charge in [-0.05, 0) is 0 Å². The Morgan fingerprint density at radius 3 is 0.913 bits per heavy atom. The third-order valence-electron chi connectivity index (χ3n) is 2.79. The Labute approximate surface area is 121 Å². The number of hydrogen-bond acceptors (Lipinski definition) is 1. The van der Waals surface area contributed by atoms with Gasteiger partial charge in [-0.25, -0.2) is 4.74 Å². The molecule has 0 amide bonds. The van der Waals surface area contributed by atoms with E-state index in [-0.39, 0.29) is 13.8 Å². The molecular formula is C10H10F12O. The van der Waals surface area contributed by atoms with Crippen molar-refractivity contribution in [1.82, 2.24) is 0 Å². The van der Waals surface area contributed by atoms with Crippen LogP contribution in [0.5, 0.6) is 0 Å². The van der Waals surface area contributed by atoms with E-state index in [1.165, 1.54) is 0 Å². The molecule has 0 fully saturated rings. The van der Waals surface area contributed by atoms with Gasteiger partial charge in [0.25, 0.3) is 0 Å². The molecule has 140 valence electrons. The van der Waals surface area contributed by atoms with Crippen LogP contribution in [-0.4, -0.2) is 35.9 Å².